The van der Waals surface area contributed by atoms with Crippen molar-refractivity contribution in [1.29, 1.82) is 0 Å². The number of carbonyl (C=O) groups is 1. The summed E-state index contributed by atoms with van der Waals surface area (Å²) in [4.78, 5) is 15.1. The van der Waals surface area contributed by atoms with E-state index in [1.165, 1.54) is 38.5 Å². The first kappa shape index (κ1) is 19.8. The van der Waals surface area contributed by atoms with Crippen molar-refractivity contribution in [3.63, 3.8) is 0 Å². The Morgan fingerprint density at radius 1 is 1.14 bits per heavy atom. The molecule has 1 saturated carbocycles. The molecule has 4 heteroatoms. The maximum Gasteiger partial charge on any atom is 0.226 e. The van der Waals surface area contributed by atoms with E-state index in [2.05, 4.69) is 24.1 Å². The Morgan fingerprint density at radius 3 is 2.41 bits per heavy atom. The monoisotopic (exact) mass is 330 g/mol. The van der Waals surface area contributed by atoms with E-state index in [4.69, 9.17) is 0 Å². The van der Waals surface area contributed by atoms with Gasteiger partial charge in [0.05, 0.1) is 0 Å². The van der Waals surface area contributed by atoms with Gasteiger partial charge in [0.25, 0.3) is 0 Å². The van der Waals surface area contributed by atoms with Crippen molar-refractivity contribution in [3.05, 3.63) is 0 Å². The second kappa shape index (κ2) is 9.77. The molecule has 0 aromatic carbocycles. The van der Waals surface area contributed by atoms with Crippen molar-refractivity contribution in [2.75, 3.05) is 20.1 Å². The predicted molar refractivity (Wildman–Crippen MR) is 95.4 cm³/mol. The first-order valence-corrected chi connectivity index (χ1v) is 9.08. The van der Waals surface area contributed by atoms with Gasteiger partial charge in [0, 0.05) is 25.0 Å². The maximum absolute atomic E-state index is 13.0. The minimum absolute atomic E-state index is 0. The van der Waals surface area contributed by atoms with E-state index in [-0.39, 0.29) is 18.3 Å². The molecule has 2 rings (SSSR count). The van der Waals surface area contributed by atoms with E-state index >= 15 is 0 Å². The van der Waals surface area contributed by atoms with Crippen LogP contribution in [0.1, 0.15) is 65.2 Å². The molecular formula is C18H35ClN2O. The summed E-state index contributed by atoms with van der Waals surface area (Å²) in [6, 6.07) is 0.491. The Labute approximate surface area is 143 Å². The molecule has 130 valence electrons. The molecule has 2 atom stereocenters. The fourth-order valence-corrected chi connectivity index (χ4v) is 4.09. The topological polar surface area (TPSA) is 32.3 Å². The molecule has 1 aliphatic carbocycles. The highest BCUT2D eigenvalue weighted by Crippen LogP contribution is 2.32. The quantitative estimate of drug-likeness (QED) is 0.830. The number of carbonyl (C=O) groups excluding carboxylic acids is 1. The highest BCUT2D eigenvalue weighted by Gasteiger charge is 2.32. The molecule has 0 aromatic heterocycles. The first-order chi connectivity index (χ1) is 10.1. The van der Waals surface area contributed by atoms with Gasteiger partial charge in [-0.15, -0.1) is 12.4 Å². The minimum atomic E-state index is 0. The summed E-state index contributed by atoms with van der Waals surface area (Å²) in [7, 11) is 2.01. The van der Waals surface area contributed by atoms with Crippen molar-refractivity contribution in [2.45, 2.75) is 71.3 Å². The van der Waals surface area contributed by atoms with E-state index in [1.54, 1.807) is 0 Å². The average Bonchev–Trinajstić information content (AvgIpc) is 2.52. The summed E-state index contributed by atoms with van der Waals surface area (Å²) in [5.41, 5.74) is 0. The zero-order valence-corrected chi connectivity index (χ0v) is 15.5. The molecule has 1 N–H and O–H groups in total. The van der Waals surface area contributed by atoms with Crippen LogP contribution in [-0.2, 0) is 4.79 Å². The number of hydrogen-bond donors (Lipinski definition) is 1. The van der Waals surface area contributed by atoms with Gasteiger partial charge in [-0.05, 0) is 38.1 Å². The smallest absolute Gasteiger partial charge is 0.226 e. The van der Waals surface area contributed by atoms with Gasteiger partial charge in [-0.1, -0.05) is 46.0 Å². The molecule has 2 aliphatic rings. The number of halogens is 1. The Hall–Kier alpha value is -0.280. The number of nitrogens with zero attached hydrogens (tertiary/aromatic N) is 1. The summed E-state index contributed by atoms with van der Waals surface area (Å²) in [5.74, 6) is 1.92. The summed E-state index contributed by atoms with van der Waals surface area (Å²) in [5, 5.41) is 3.34. The van der Waals surface area contributed by atoms with Crippen LogP contribution < -0.4 is 5.32 Å². The molecule has 0 bridgehead atoms. The van der Waals surface area contributed by atoms with Gasteiger partial charge < -0.3 is 10.2 Å². The Morgan fingerprint density at radius 2 is 1.82 bits per heavy atom. The lowest BCUT2D eigenvalue weighted by Gasteiger charge is -2.37. The van der Waals surface area contributed by atoms with E-state index < -0.39 is 0 Å². The summed E-state index contributed by atoms with van der Waals surface area (Å²) in [6.07, 6.45) is 10.3. The zero-order chi connectivity index (χ0) is 15.2. The van der Waals surface area contributed by atoms with Crippen LogP contribution in [0.3, 0.4) is 0 Å². The highest BCUT2D eigenvalue weighted by molar-refractivity contribution is 5.85. The van der Waals surface area contributed by atoms with Crippen molar-refractivity contribution in [3.8, 4) is 0 Å². The molecule has 3 nitrogen and oxygen atoms in total. The van der Waals surface area contributed by atoms with Crippen molar-refractivity contribution in [1.82, 2.24) is 10.2 Å². The Bertz CT molecular complexity index is 329. The van der Waals surface area contributed by atoms with Crippen LogP contribution in [0, 0.1) is 17.8 Å². The van der Waals surface area contributed by atoms with Gasteiger partial charge >= 0.3 is 0 Å². The Balaban J connectivity index is 0.00000242. The first-order valence-electron chi connectivity index (χ1n) is 9.08. The third kappa shape index (κ3) is 5.42. The molecule has 0 aromatic rings. The molecule has 0 radical (unpaired) electrons. The third-order valence-electron chi connectivity index (χ3n) is 5.58. The van der Waals surface area contributed by atoms with Crippen molar-refractivity contribution >= 4 is 18.3 Å². The maximum atomic E-state index is 13.0. The lowest BCUT2D eigenvalue weighted by molar-refractivity contribution is -0.139. The fraction of sp³-hybridized carbons (Fsp3) is 0.944. The molecule has 2 unspecified atom stereocenters. The lowest BCUT2D eigenvalue weighted by Crippen LogP contribution is -2.49. The predicted octanol–water partition coefficient (Wildman–Crippen LogP) is 3.86. The van der Waals surface area contributed by atoms with Gasteiger partial charge in [0.15, 0.2) is 0 Å². The van der Waals surface area contributed by atoms with E-state index in [0.717, 1.165) is 31.8 Å². The van der Waals surface area contributed by atoms with Gasteiger partial charge in [-0.2, -0.15) is 0 Å². The number of piperidine rings is 1. The minimum Gasteiger partial charge on any atom is -0.341 e. The van der Waals surface area contributed by atoms with Gasteiger partial charge in [-0.25, -0.2) is 0 Å². The molecule has 0 spiro atoms. The van der Waals surface area contributed by atoms with Crippen LogP contribution in [0.2, 0.25) is 0 Å². The molecule has 1 saturated heterocycles. The normalized spacial score (nSPS) is 24.9. The van der Waals surface area contributed by atoms with Crippen LogP contribution >= 0.6 is 12.4 Å². The van der Waals surface area contributed by atoms with Gasteiger partial charge in [0.1, 0.15) is 0 Å². The van der Waals surface area contributed by atoms with Crippen LogP contribution in [0.4, 0.5) is 0 Å². The second-order valence-corrected chi connectivity index (χ2v) is 7.50. The van der Waals surface area contributed by atoms with E-state index in [0.29, 0.717) is 17.9 Å². The standard InChI is InChI=1S/C18H34N2O.ClH/c1-14(2)17(12-15-8-5-4-6-9-15)18(21)20-11-7-10-16(13-20)19-3;/h14-17,19H,4-13H2,1-3H3;1H. The molecule has 2 fully saturated rings. The summed E-state index contributed by atoms with van der Waals surface area (Å²) < 4.78 is 0. The van der Waals surface area contributed by atoms with Crippen LogP contribution in [-0.4, -0.2) is 37.0 Å². The summed E-state index contributed by atoms with van der Waals surface area (Å²) >= 11 is 0. The average molecular weight is 331 g/mol. The van der Waals surface area contributed by atoms with Crippen LogP contribution in [0.15, 0.2) is 0 Å². The number of nitrogens with one attached hydrogen (secondary N) is 1. The number of hydrogen-bond acceptors (Lipinski definition) is 2. The SMILES string of the molecule is CNC1CCCN(C(=O)C(CC2CCCCC2)C(C)C)C1.Cl. The van der Waals surface area contributed by atoms with E-state index in [1.807, 2.05) is 7.05 Å². The van der Waals surface area contributed by atoms with Crippen molar-refractivity contribution < 1.29 is 4.79 Å². The number of amides is 1. The third-order valence-corrected chi connectivity index (χ3v) is 5.58. The highest BCUT2D eigenvalue weighted by atomic mass is 35.5. The van der Waals surface area contributed by atoms with Crippen LogP contribution in [0.5, 0.6) is 0 Å². The van der Waals surface area contributed by atoms with Gasteiger partial charge in [-0.3, -0.25) is 4.79 Å². The molecular weight excluding hydrogens is 296 g/mol. The number of rotatable bonds is 5. The largest absolute Gasteiger partial charge is 0.341 e. The molecule has 1 amide bonds. The molecule has 1 heterocycles. The zero-order valence-electron chi connectivity index (χ0n) is 14.6. The molecule has 22 heavy (non-hydrogen) atoms. The summed E-state index contributed by atoms with van der Waals surface area (Å²) in [6.45, 7) is 6.32. The van der Waals surface area contributed by atoms with Gasteiger partial charge in [0.2, 0.25) is 5.91 Å². The Kier molecular flexibility index (Phi) is 8.78. The fourth-order valence-electron chi connectivity index (χ4n) is 4.09. The lowest BCUT2D eigenvalue weighted by atomic mass is 9.78. The number of likely N-dealkylation sites (tertiary alicyclic amines) is 1. The van der Waals surface area contributed by atoms with E-state index in [9.17, 15) is 4.79 Å². The van der Waals surface area contributed by atoms with Crippen molar-refractivity contribution in [2.24, 2.45) is 17.8 Å². The molecule has 1 aliphatic heterocycles. The van der Waals surface area contributed by atoms with Crippen LogP contribution in [0.25, 0.3) is 0 Å². The number of likely N-dealkylation sites (N-methyl/N-ethyl adjacent to an activating group) is 1. The second-order valence-electron chi connectivity index (χ2n) is 7.50.